The zero-order chi connectivity index (χ0) is 29.0. The highest BCUT2D eigenvalue weighted by atomic mass is 16.6. The van der Waals surface area contributed by atoms with Crippen LogP contribution in [-0.2, 0) is 25.5 Å². The zero-order valence-electron chi connectivity index (χ0n) is 24.0. The summed E-state index contributed by atoms with van der Waals surface area (Å²) in [6.07, 6.45) is 3.62. The van der Waals surface area contributed by atoms with Gasteiger partial charge in [0.2, 0.25) is 17.7 Å². The van der Waals surface area contributed by atoms with Crippen LogP contribution in [0.5, 0.6) is 5.75 Å². The molecule has 0 spiro atoms. The second-order valence-electron chi connectivity index (χ2n) is 11.2. The molecular weight excluding hydrogens is 500 g/mol. The molecule has 10 heteroatoms. The normalized spacial score (nSPS) is 16.7. The number of phenolic OH excluding ortho intramolecular Hbond substituents is 1. The summed E-state index contributed by atoms with van der Waals surface area (Å²) in [5.41, 5.74) is 0.374. The van der Waals surface area contributed by atoms with Crippen LogP contribution in [0.15, 0.2) is 24.3 Å². The number of hydrogen-bond donors (Lipinski definition) is 4. The number of carbonyl (C=O) groups is 4. The number of hydrogen-bond acceptors (Lipinski definition) is 6. The molecule has 1 saturated heterocycles. The SMILES string of the molecule is CC[C@H](C)[C@H](NC(=O)CCc1ccc(O)cc1)C(=O)N1CCC[C@H]1C(=O)NCCCCNC(=O)OC(C)(C)C. The Kier molecular flexibility index (Phi) is 12.5. The van der Waals surface area contributed by atoms with Gasteiger partial charge in [0, 0.05) is 26.1 Å². The molecule has 3 atom stereocenters. The van der Waals surface area contributed by atoms with Crippen molar-refractivity contribution in [2.45, 2.75) is 97.2 Å². The maximum Gasteiger partial charge on any atom is 0.407 e. The largest absolute Gasteiger partial charge is 0.508 e. The van der Waals surface area contributed by atoms with Gasteiger partial charge in [-0.15, -0.1) is 0 Å². The van der Waals surface area contributed by atoms with Crippen molar-refractivity contribution in [3.8, 4) is 5.75 Å². The van der Waals surface area contributed by atoms with E-state index in [1.54, 1.807) is 49.9 Å². The molecule has 39 heavy (non-hydrogen) atoms. The van der Waals surface area contributed by atoms with Gasteiger partial charge in [-0.1, -0.05) is 32.4 Å². The Morgan fingerprint density at radius 2 is 1.72 bits per heavy atom. The van der Waals surface area contributed by atoms with E-state index in [9.17, 15) is 24.3 Å². The van der Waals surface area contributed by atoms with Crippen LogP contribution in [0, 0.1) is 5.92 Å². The number of phenols is 1. The summed E-state index contributed by atoms with van der Waals surface area (Å²) in [6.45, 7) is 10.7. The van der Waals surface area contributed by atoms with Crippen molar-refractivity contribution in [1.29, 1.82) is 0 Å². The van der Waals surface area contributed by atoms with E-state index in [0.717, 1.165) is 12.0 Å². The van der Waals surface area contributed by atoms with Crippen LogP contribution >= 0.6 is 0 Å². The Balaban J connectivity index is 1.83. The van der Waals surface area contributed by atoms with Gasteiger partial charge >= 0.3 is 6.09 Å². The zero-order valence-corrected chi connectivity index (χ0v) is 24.0. The first-order valence-electron chi connectivity index (χ1n) is 14.0. The summed E-state index contributed by atoms with van der Waals surface area (Å²) in [6, 6.07) is 5.44. The van der Waals surface area contributed by atoms with E-state index >= 15 is 0 Å². The summed E-state index contributed by atoms with van der Waals surface area (Å²) >= 11 is 0. The Morgan fingerprint density at radius 1 is 1.08 bits per heavy atom. The molecule has 0 radical (unpaired) electrons. The van der Waals surface area contributed by atoms with E-state index in [2.05, 4.69) is 16.0 Å². The molecule has 0 aromatic heterocycles. The van der Waals surface area contributed by atoms with Crippen molar-refractivity contribution >= 4 is 23.8 Å². The van der Waals surface area contributed by atoms with Gasteiger partial charge in [0.15, 0.2) is 0 Å². The second-order valence-corrected chi connectivity index (χ2v) is 11.2. The van der Waals surface area contributed by atoms with E-state index in [1.807, 2.05) is 13.8 Å². The lowest BCUT2D eigenvalue weighted by molar-refractivity contribution is -0.142. The molecule has 1 aromatic carbocycles. The summed E-state index contributed by atoms with van der Waals surface area (Å²) in [7, 11) is 0. The van der Waals surface area contributed by atoms with Gasteiger partial charge in [0.1, 0.15) is 23.4 Å². The lowest BCUT2D eigenvalue weighted by Crippen LogP contribution is -2.55. The number of benzene rings is 1. The minimum Gasteiger partial charge on any atom is -0.508 e. The number of aryl methyl sites for hydroxylation is 1. The molecule has 1 heterocycles. The molecule has 2 rings (SSSR count). The highest BCUT2D eigenvalue weighted by Crippen LogP contribution is 2.22. The highest BCUT2D eigenvalue weighted by Gasteiger charge is 2.38. The summed E-state index contributed by atoms with van der Waals surface area (Å²) < 4.78 is 5.20. The first-order chi connectivity index (χ1) is 18.4. The molecule has 1 aliphatic rings. The molecule has 0 unspecified atom stereocenters. The van der Waals surface area contributed by atoms with Crippen LogP contribution in [0.2, 0.25) is 0 Å². The quantitative estimate of drug-likeness (QED) is 0.280. The number of nitrogens with one attached hydrogen (secondary N) is 3. The van der Waals surface area contributed by atoms with Crippen LogP contribution in [0.1, 0.15) is 78.7 Å². The number of nitrogens with zero attached hydrogens (tertiary/aromatic N) is 1. The fourth-order valence-corrected chi connectivity index (χ4v) is 4.41. The molecule has 1 fully saturated rings. The van der Waals surface area contributed by atoms with Gasteiger partial charge in [-0.3, -0.25) is 14.4 Å². The van der Waals surface area contributed by atoms with Crippen LogP contribution in [0.4, 0.5) is 4.79 Å². The number of aromatic hydroxyl groups is 1. The van der Waals surface area contributed by atoms with Crippen LogP contribution in [0.3, 0.4) is 0 Å². The van der Waals surface area contributed by atoms with E-state index in [1.165, 1.54) is 0 Å². The fourth-order valence-electron chi connectivity index (χ4n) is 4.41. The molecule has 0 saturated carbocycles. The number of likely N-dealkylation sites (tertiary alicyclic amines) is 1. The van der Waals surface area contributed by atoms with Crippen molar-refractivity contribution in [2.24, 2.45) is 5.92 Å². The molecule has 0 bridgehead atoms. The van der Waals surface area contributed by atoms with Crippen molar-refractivity contribution in [2.75, 3.05) is 19.6 Å². The molecule has 10 nitrogen and oxygen atoms in total. The molecule has 4 N–H and O–H groups in total. The Morgan fingerprint density at radius 3 is 2.33 bits per heavy atom. The number of alkyl carbamates (subject to hydrolysis) is 1. The van der Waals surface area contributed by atoms with E-state index < -0.39 is 23.8 Å². The third-order valence-corrected chi connectivity index (χ3v) is 6.78. The van der Waals surface area contributed by atoms with Crippen LogP contribution < -0.4 is 16.0 Å². The minimum atomic E-state index is -0.699. The van der Waals surface area contributed by atoms with Crippen molar-refractivity contribution < 1.29 is 29.0 Å². The molecule has 0 aliphatic carbocycles. The molecule has 1 aromatic rings. The topological polar surface area (TPSA) is 137 Å². The van der Waals surface area contributed by atoms with Crippen molar-refractivity contribution in [1.82, 2.24) is 20.9 Å². The summed E-state index contributed by atoms with van der Waals surface area (Å²) in [5, 5.41) is 18.0. The second kappa shape index (κ2) is 15.3. The van der Waals surface area contributed by atoms with Gasteiger partial charge in [0.05, 0.1) is 0 Å². The average Bonchev–Trinajstić information content (AvgIpc) is 3.37. The molecule has 1 aliphatic heterocycles. The summed E-state index contributed by atoms with van der Waals surface area (Å²) in [4.78, 5) is 52.5. The summed E-state index contributed by atoms with van der Waals surface area (Å²) in [5.74, 6) is -0.548. The molecular formula is C29H46N4O6. The first kappa shape index (κ1) is 31.9. The maximum absolute atomic E-state index is 13.5. The smallest absolute Gasteiger partial charge is 0.407 e. The van der Waals surface area contributed by atoms with Crippen molar-refractivity contribution in [3.63, 3.8) is 0 Å². The lowest BCUT2D eigenvalue weighted by Gasteiger charge is -2.31. The van der Waals surface area contributed by atoms with E-state index in [4.69, 9.17) is 4.74 Å². The Labute approximate surface area is 232 Å². The van der Waals surface area contributed by atoms with E-state index in [0.29, 0.717) is 51.7 Å². The monoisotopic (exact) mass is 546 g/mol. The van der Waals surface area contributed by atoms with Crippen LogP contribution in [-0.4, -0.2) is 71.1 Å². The number of unbranched alkanes of at least 4 members (excludes halogenated alkanes) is 1. The minimum absolute atomic E-state index is 0.0862. The third kappa shape index (κ3) is 11.1. The number of ether oxygens (including phenoxy) is 1. The van der Waals surface area contributed by atoms with Gasteiger partial charge in [-0.05, 0) is 76.5 Å². The lowest BCUT2D eigenvalue weighted by atomic mass is 9.97. The predicted molar refractivity (Wildman–Crippen MR) is 149 cm³/mol. The fraction of sp³-hybridized carbons (Fsp3) is 0.655. The standard InChI is InChI=1S/C29H46N4O6/c1-6-20(2)25(32-24(35)16-13-21-11-14-22(34)15-12-21)27(37)33-19-9-10-23(33)26(36)30-17-7-8-18-31-28(38)39-29(3,4)5/h11-12,14-15,20,23,25,34H,6-10,13,16-19H2,1-5H3,(H,30,36)(H,31,38)(H,32,35)/t20-,23-,25-/m0/s1. The number of rotatable bonds is 13. The Bertz CT molecular complexity index is 960. The predicted octanol–water partition coefficient (Wildman–Crippen LogP) is 3.27. The van der Waals surface area contributed by atoms with Gasteiger partial charge < -0.3 is 30.7 Å². The van der Waals surface area contributed by atoms with Crippen molar-refractivity contribution in [3.05, 3.63) is 29.8 Å². The third-order valence-electron chi connectivity index (χ3n) is 6.78. The Hall–Kier alpha value is -3.30. The highest BCUT2D eigenvalue weighted by molar-refractivity contribution is 5.92. The van der Waals surface area contributed by atoms with E-state index in [-0.39, 0.29) is 35.8 Å². The van der Waals surface area contributed by atoms with Gasteiger partial charge in [-0.2, -0.15) is 0 Å². The number of amides is 4. The van der Waals surface area contributed by atoms with Gasteiger partial charge in [-0.25, -0.2) is 4.79 Å². The molecule has 218 valence electrons. The maximum atomic E-state index is 13.5. The number of carbonyl (C=O) groups excluding carboxylic acids is 4. The average molecular weight is 547 g/mol. The van der Waals surface area contributed by atoms with Gasteiger partial charge in [0.25, 0.3) is 0 Å². The molecule has 4 amide bonds. The van der Waals surface area contributed by atoms with Crippen LogP contribution in [0.25, 0.3) is 0 Å². The first-order valence-corrected chi connectivity index (χ1v) is 14.0.